The van der Waals surface area contributed by atoms with Gasteiger partial charge in [-0.2, -0.15) is 0 Å². The largest absolute Gasteiger partial charge is 0.494 e. The molecule has 0 aliphatic carbocycles. The van der Waals surface area contributed by atoms with E-state index in [-0.39, 0.29) is 29.5 Å². The summed E-state index contributed by atoms with van der Waals surface area (Å²) in [6.45, 7) is 7.72. The predicted octanol–water partition coefficient (Wildman–Crippen LogP) is 6.11. The molecule has 4 aromatic rings. The second-order valence-electron chi connectivity index (χ2n) is 9.48. The molecule has 0 saturated heterocycles. The van der Waals surface area contributed by atoms with Gasteiger partial charge in [0.05, 0.1) is 29.2 Å². The number of fused-ring (bicyclic) bond motifs is 2. The fraction of sp³-hybridized carbons (Fsp3) is 0.188. The summed E-state index contributed by atoms with van der Waals surface area (Å²) in [5.41, 5.74) is 4.60. The number of hydrogen-bond acceptors (Lipinski definition) is 7. The average Bonchev–Trinajstić information content (AvgIpc) is 3.10. The Balaban J connectivity index is 1.76. The molecule has 1 aliphatic rings. The van der Waals surface area contributed by atoms with E-state index in [0.29, 0.717) is 39.8 Å². The van der Waals surface area contributed by atoms with Gasteiger partial charge in [0.2, 0.25) is 5.88 Å². The molecule has 2 heterocycles. The van der Waals surface area contributed by atoms with Crippen LogP contribution in [0.15, 0.2) is 92.8 Å². The van der Waals surface area contributed by atoms with Crippen molar-refractivity contribution in [3.63, 3.8) is 0 Å². The number of carbonyl (C=O) groups excluding carboxylic acids is 1. The van der Waals surface area contributed by atoms with E-state index in [1.54, 1.807) is 31.2 Å². The van der Waals surface area contributed by atoms with Crippen LogP contribution in [0.3, 0.4) is 0 Å². The molecular formula is C32H30N4O4. The molecule has 2 N–H and O–H groups in total. The number of aromatic nitrogens is 1. The van der Waals surface area contributed by atoms with Gasteiger partial charge in [-0.3, -0.25) is 4.79 Å². The highest BCUT2D eigenvalue weighted by Crippen LogP contribution is 2.33. The molecule has 8 nitrogen and oxygen atoms in total. The van der Waals surface area contributed by atoms with Crippen LogP contribution < -0.4 is 10.9 Å². The van der Waals surface area contributed by atoms with Crippen molar-refractivity contribution in [2.75, 3.05) is 11.9 Å². The van der Waals surface area contributed by atoms with Gasteiger partial charge in [0.1, 0.15) is 5.57 Å². The van der Waals surface area contributed by atoms with Crippen LogP contribution in [-0.4, -0.2) is 34.3 Å². The molecule has 8 heteroatoms. The van der Waals surface area contributed by atoms with Crippen LogP contribution in [0.1, 0.15) is 37.0 Å². The summed E-state index contributed by atoms with van der Waals surface area (Å²) in [4.78, 5) is 36.1. The van der Waals surface area contributed by atoms with Crippen LogP contribution in [0, 0.1) is 13.8 Å². The maximum absolute atomic E-state index is 13.6. The predicted molar refractivity (Wildman–Crippen MR) is 159 cm³/mol. The van der Waals surface area contributed by atoms with E-state index in [2.05, 4.69) is 10.3 Å². The van der Waals surface area contributed by atoms with Crippen molar-refractivity contribution in [2.24, 2.45) is 9.98 Å². The zero-order valence-electron chi connectivity index (χ0n) is 22.9. The van der Waals surface area contributed by atoms with Gasteiger partial charge < -0.3 is 15.2 Å². The number of aryl methyl sites for hydroxylation is 2. The van der Waals surface area contributed by atoms with Crippen LogP contribution in [0.5, 0.6) is 5.88 Å². The number of aromatic hydroxyl groups is 1. The maximum Gasteiger partial charge on any atom is 0.343 e. The van der Waals surface area contributed by atoms with Gasteiger partial charge in [-0.05, 0) is 57.0 Å². The third kappa shape index (κ3) is 4.80. The minimum absolute atomic E-state index is 0.139. The lowest BCUT2D eigenvalue weighted by Gasteiger charge is -2.16. The number of anilines is 1. The zero-order chi connectivity index (χ0) is 28.4. The summed E-state index contributed by atoms with van der Waals surface area (Å²) in [5, 5.41) is 15.8. The molecule has 3 aromatic carbocycles. The summed E-state index contributed by atoms with van der Waals surface area (Å²) in [5.74, 6) is -0.671. The molecule has 0 amide bonds. The van der Waals surface area contributed by atoms with E-state index in [4.69, 9.17) is 9.73 Å². The monoisotopic (exact) mass is 534 g/mol. The van der Waals surface area contributed by atoms with E-state index in [9.17, 15) is 14.7 Å². The molecule has 0 unspecified atom stereocenters. The van der Waals surface area contributed by atoms with E-state index in [1.165, 1.54) is 10.8 Å². The van der Waals surface area contributed by atoms with Gasteiger partial charge in [-0.15, -0.1) is 0 Å². The molecule has 0 saturated carbocycles. The third-order valence-corrected chi connectivity index (χ3v) is 6.79. The maximum atomic E-state index is 13.6. The number of allylic oxidation sites excluding steroid dienone is 1. The van der Waals surface area contributed by atoms with Gasteiger partial charge in [0.25, 0.3) is 5.56 Å². The Hall–Kier alpha value is -4.98. The summed E-state index contributed by atoms with van der Waals surface area (Å²) in [6.07, 6.45) is 1.96. The number of amidine groups is 1. The number of rotatable bonds is 5. The number of benzene rings is 3. The SMILES string of the molecule is CCOC(=O)C1=C(CC)Nc2ccccc2N=C1N=Cc1c(O)n(-c2ccc(C)cc2C)c(=O)c2ccccc12. The Morgan fingerprint density at radius 3 is 2.50 bits per heavy atom. The minimum Gasteiger partial charge on any atom is -0.494 e. The highest BCUT2D eigenvalue weighted by Gasteiger charge is 2.26. The molecule has 0 spiro atoms. The molecule has 0 bridgehead atoms. The Kier molecular flexibility index (Phi) is 7.33. The lowest BCUT2D eigenvalue weighted by molar-refractivity contribution is -0.137. The van der Waals surface area contributed by atoms with Crippen molar-refractivity contribution >= 4 is 40.2 Å². The molecule has 0 radical (unpaired) electrons. The first-order valence-electron chi connectivity index (χ1n) is 13.2. The number of hydrogen-bond donors (Lipinski definition) is 2. The zero-order valence-corrected chi connectivity index (χ0v) is 22.9. The van der Waals surface area contributed by atoms with E-state index >= 15 is 0 Å². The minimum atomic E-state index is -0.551. The normalized spacial score (nSPS) is 13.2. The first-order chi connectivity index (χ1) is 19.3. The van der Waals surface area contributed by atoms with Gasteiger partial charge in [0.15, 0.2) is 5.84 Å². The second kappa shape index (κ2) is 11.0. The lowest BCUT2D eigenvalue weighted by atomic mass is 10.1. The Morgan fingerprint density at radius 1 is 1.05 bits per heavy atom. The van der Waals surface area contributed by atoms with Crippen molar-refractivity contribution in [1.82, 2.24) is 4.57 Å². The summed E-state index contributed by atoms with van der Waals surface area (Å²) in [7, 11) is 0. The van der Waals surface area contributed by atoms with Crippen molar-refractivity contribution < 1.29 is 14.6 Å². The van der Waals surface area contributed by atoms with E-state index < -0.39 is 5.97 Å². The number of nitrogens with one attached hydrogen (secondary N) is 1. The van der Waals surface area contributed by atoms with Crippen LogP contribution in [-0.2, 0) is 9.53 Å². The van der Waals surface area contributed by atoms with Crippen LogP contribution in [0.4, 0.5) is 11.4 Å². The fourth-order valence-electron chi connectivity index (χ4n) is 4.88. The standard InChI is InChI=1S/C32H30N4O4/c1-5-24-28(32(39)40-6-2)29(35-26-14-10-9-13-25(26)34-24)33-18-23-21-11-7-8-12-22(21)30(37)36(31(23)38)27-16-15-19(3)17-20(27)4/h7-18,34,38H,5-6H2,1-4H3. The fourth-order valence-corrected chi connectivity index (χ4v) is 4.88. The number of esters is 1. The van der Waals surface area contributed by atoms with Crippen molar-refractivity contribution in [3.05, 3.63) is 105 Å². The molecule has 0 fully saturated rings. The molecule has 0 atom stereocenters. The lowest BCUT2D eigenvalue weighted by Crippen LogP contribution is -2.21. The smallest absolute Gasteiger partial charge is 0.343 e. The first kappa shape index (κ1) is 26.6. The quantitative estimate of drug-likeness (QED) is 0.237. The van der Waals surface area contributed by atoms with Gasteiger partial charge in [0, 0.05) is 22.7 Å². The van der Waals surface area contributed by atoms with Gasteiger partial charge >= 0.3 is 5.97 Å². The molecule has 1 aliphatic heterocycles. The van der Waals surface area contributed by atoms with E-state index in [0.717, 1.165) is 16.8 Å². The van der Waals surface area contributed by atoms with Gasteiger partial charge in [-0.1, -0.05) is 55.0 Å². The Bertz CT molecular complexity index is 1800. The third-order valence-electron chi connectivity index (χ3n) is 6.79. The second-order valence-corrected chi connectivity index (χ2v) is 9.48. The first-order valence-corrected chi connectivity index (χ1v) is 13.2. The number of carbonyl (C=O) groups is 1. The van der Waals surface area contributed by atoms with Crippen molar-refractivity contribution in [3.8, 4) is 11.6 Å². The van der Waals surface area contributed by atoms with Crippen molar-refractivity contribution in [2.45, 2.75) is 34.1 Å². The highest BCUT2D eigenvalue weighted by molar-refractivity contribution is 6.23. The highest BCUT2D eigenvalue weighted by atomic mass is 16.5. The van der Waals surface area contributed by atoms with Gasteiger partial charge in [-0.25, -0.2) is 19.3 Å². The number of para-hydroxylation sites is 2. The molecule has 5 rings (SSSR count). The number of pyridine rings is 1. The Morgan fingerprint density at radius 2 is 1.77 bits per heavy atom. The molecule has 1 aromatic heterocycles. The van der Waals surface area contributed by atoms with Crippen molar-refractivity contribution in [1.29, 1.82) is 0 Å². The summed E-state index contributed by atoms with van der Waals surface area (Å²) < 4.78 is 6.67. The van der Waals surface area contributed by atoms with Crippen LogP contribution in [0.2, 0.25) is 0 Å². The van der Waals surface area contributed by atoms with Crippen LogP contribution in [0.25, 0.3) is 16.5 Å². The molecule has 202 valence electrons. The summed E-state index contributed by atoms with van der Waals surface area (Å²) >= 11 is 0. The van der Waals surface area contributed by atoms with Crippen LogP contribution >= 0.6 is 0 Å². The van der Waals surface area contributed by atoms with E-state index in [1.807, 2.05) is 63.2 Å². The number of nitrogens with zero attached hydrogens (tertiary/aromatic N) is 3. The number of aliphatic imine (C=N–C) groups is 2. The molecular weight excluding hydrogens is 504 g/mol. The number of ether oxygens (including phenoxy) is 1. The summed E-state index contributed by atoms with van der Waals surface area (Å²) in [6, 6.07) is 20.2. The topological polar surface area (TPSA) is 105 Å². The molecule has 40 heavy (non-hydrogen) atoms. The average molecular weight is 535 g/mol. The Labute approximate surface area is 232 Å².